The maximum atomic E-state index is 17.6. The van der Waals surface area contributed by atoms with Gasteiger partial charge in [-0.05, 0) is 103 Å². The highest BCUT2D eigenvalue weighted by atomic mass is 19.4. The Morgan fingerprint density at radius 3 is 0.672 bits per heavy atom. The fraction of sp³-hybridized carbons (Fsp3) is 0.0102. The van der Waals surface area contributed by atoms with E-state index < -0.39 is 11.7 Å². The molecule has 20 aromatic rings. The molecule has 14 aromatic carbocycles. The van der Waals surface area contributed by atoms with Gasteiger partial charge in [0.1, 0.15) is 0 Å². The molecular formula is C98H58F3N15. The van der Waals surface area contributed by atoms with Crippen LogP contribution in [0, 0.1) is 11.3 Å². The van der Waals surface area contributed by atoms with Crippen LogP contribution in [0.3, 0.4) is 0 Å². The summed E-state index contributed by atoms with van der Waals surface area (Å²) in [5.74, 6) is 4.90. The largest absolute Gasteiger partial charge is 0.418 e. The zero-order chi connectivity index (χ0) is 77.8. The summed E-state index contributed by atoms with van der Waals surface area (Å²) in [7, 11) is 0. The molecule has 0 amide bonds. The summed E-state index contributed by atoms with van der Waals surface area (Å²) < 4.78 is 56.3. The number of rotatable bonds is 15. The van der Waals surface area contributed by atoms with Crippen molar-refractivity contribution in [2.24, 2.45) is 0 Å². The Balaban J connectivity index is 0.850. The molecule has 6 aromatic heterocycles. The molecule has 116 heavy (non-hydrogen) atoms. The van der Waals surface area contributed by atoms with Gasteiger partial charge in [0.05, 0.1) is 50.6 Å². The number of alkyl halides is 3. The van der Waals surface area contributed by atoms with Gasteiger partial charge in [-0.25, -0.2) is 59.8 Å². The number of hydrogen-bond acceptors (Lipinski definition) is 13. The van der Waals surface area contributed by atoms with Crippen molar-refractivity contribution in [2.45, 2.75) is 6.18 Å². The molecule has 0 spiro atoms. The van der Waals surface area contributed by atoms with Crippen LogP contribution in [0.25, 0.3) is 203 Å². The van der Waals surface area contributed by atoms with Crippen LogP contribution >= 0.6 is 0 Å². The predicted molar refractivity (Wildman–Crippen MR) is 449 cm³/mol. The average molecular weight is 1500 g/mol. The zero-order valence-corrected chi connectivity index (χ0v) is 61.3. The van der Waals surface area contributed by atoms with Crippen LogP contribution in [-0.4, -0.2) is 68.9 Å². The van der Waals surface area contributed by atoms with Gasteiger partial charge in [-0.15, -0.1) is 0 Å². The minimum atomic E-state index is -5.03. The van der Waals surface area contributed by atoms with E-state index in [1.807, 2.05) is 326 Å². The number of hydrogen-bond donors (Lipinski definition) is 0. The van der Waals surface area contributed by atoms with Gasteiger partial charge in [-0.3, -0.25) is 0 Å². The van der Waals surface area contributed by atoms with E-state index in [9.17, 15) is 5.26 Å². The quantitative estimate of drug-likeness (QED) is 0.0944. The molecule has 0 saturated carbocycles. The van der Waals surface area contributed by atoms with E-state index in [0.29, 0.717) is 152 Å². The van der Waals surface area contributed by atoms with Crippen molar-refractivity contribution in [1.82, 2.24) is 68.9 Å². The third-order valence-electron chi connectivity index (χ3n) is 20.6. The predicted octanol–water partition coefficient (Wildman–Crippen LogP) is 23.2. The molecular weight excluding hydrogens is 1440 g/mol. The summed E-state index contributed by atoms with van der Waals surface area (Å²) in [4.78, 5) is 61.1. The first-order valence-corrected chi connectivity index (χ1v) is 37.5. The highest BCUT2D eigenvalue weighted by Gasteiger charge is 2.37. The van der Waals surface area contributed by atoms with Crippen molar-refractivity contribution < 1.29 is 13.2 Å². The third kappa shape index (κ3) is 13.0. The normalized spacial score (nSPS) is 11.6. The van der Waals surface area contributed by atoms with Crippen LogP contribution in [0.1, 0.15) is 11.1 Å². The molecule has 0 unspecified atom stereocenters. The van der Waals surface area contributed by atoms with Crippen LogP contribution < -0.4 is 0 Å². The van der Waals surface area contributed by atoms with E-state index in [2.05, 4.69) is 6.07 Å². The molecule has 18 heteroatoms. The van der Waals surface area contributed by atoms with Crippen molar-refractivity contribution in [3.05, 3.63) is 363 Å². The van der Waals surface area contributed by atoms with Gasteiger partial charge < -0.3 is 9.13 Å². The lowest BCUT2D eigenvalue weighted by Gasteiger charge is -2.22. The fourth-order valence-electron chi connectivity index (χ4n) is 15.0. The van der Waals surface area contributed by atoms with Gasteiger partial charge in [0, 0.05) is 93.9 Å². The molecule has 0 aliphatic heterocycles. The standard InChI is InChI=1S/C98H58F3N15/c99-98(100,101)79-58-84(115-80-48-44-70(94-107-86(61-27-9-1-10-28-61)103-87(108-94)62-29-11-2-12-30-62)53-75(80)76-54-71(45-49-81(76)115)95-109-88(63-31-13-3-14-32-63)104-89(110-95)64-33-15-4-16-34-64)74(69-43-25-26-60(52-69)59-102)57-85(79)116-82-50-46-72(96-111-90(65-35-17-5-18-36-65)105-91(112-96)66-37-19-6-20-38-66)55-77(82)78-56-73(47-51-83(78)116)97-113-92(67-39-21-7-22-40-67)106-93(114-97)68-41-23-8-24-42-68/h1-58H. The number of halogens is 3. The zero-order valence-electron chi connectivity index (χ0n) is 61.3. The smallest absolute Gasteiger partial charge is 0.309 e. The molecule has 0 fully saturated rings. The fourth-order valence-corrected chi connectivity index (χ4v) is 15.0. The van der Waals surface area contributed by atoms with Crippen LogP contribution in [0.5, 0.6) is 0 Å². The molecule has 0 radical (unpaired) electrons. The van der Waals surface area contributed by atoms with Crippen molar-refractivity contribution in [1.29, 1.82) is 5.26 Å². The Hall–Kier alpha value is -16.0. The molecule has 0 saturated heterocycles. The SMILES string of the molecule is N#Cc1cccc(-c2cc(-n3c4ccc(-c5nc(-c6ccccc6)nc(-c6ccccc6)n5)cc4c4cc(-c5nc(-c6ccccc6)nc(-c6ccccc6)n5)ccc43)c(C(F)(F)F)cc2-n2c3ccc(-c4nc(-c5ccccc5)nc(-c5ccccc5)n4)cc3c3cc(-c4nc(-c5ccccc5)nc(-c5ccccc5)n4)ccc32)c1. The van der Waals surface area contributed by atoms with Crippen LogP contribution in [0.2, 0.25) is 0 Å². The molecule has 0 N–H and O–H groups in total. The van der Waals surface area contributed by atoms with E-state index >= 15 is 13.2 Å². The van der Waals surface area contributed by atoms with Crippen molar-refractivity contribution in [2.75, 3.05) is 0 Å². The van der Waals surface area contributed by atoms with Gasteiger partial charge >= 0.3 is 6.18 Å². The average Bonchev–Trinajstić information content (AvgIpc) is 1.74. The maximum absolute atomic E-state index is 17.6. The molecule has 0 aliphatic rings. The highest BCUT2D eigenvalue weighted by Crippen LogP contribution is 2.48. The van der Waals surface area contributed by atoms with Crippen molar-refractivity contribution >= 4 is 43.6 Å². The lowest BCUT2D eigenvalue weighted by Crippen LogP contribution is -2.13. The summed E-state index contributed by atoms with van der Waals surface area (Å²) in [6.07, 6.45) is -5.03. The van der Waals surface area contributed by atoms with E-state index in [1.54, 1.807) is 28.8 Å². The molecule has 0 aliphatic carbocycles. The summed E-state index contributed by atoms with van der Waals surface area (Å²) in [5, 5.41) is 13.2. The molecule has 20 rings (SSSR count). The minimum Gasteiger partial charge on any atom is -0.309 e. The summed E-state index contributed by atoms with van der Waals surface area (Å²) in [5.41, 5.74) is 10.6. The van der Waals surface area contributed by atoms with E-state index in [4.69, 9.17) is 59.8 Å². The lowest BCUT2D eigenvalue weighted by atomic mass is 9.97. The Bertz CT molecular complexity index is 6640. The molecule has 546 valence electrons. The highest BCUT2D eigenvalue weighted by molar-refractivity contribution is 6.14. The Labute approximate surface area is 661 Å². The third-order valence-corrected chi connectivity index (χ3v) is 20.6. The first kappa shape index (κ1) is 69.2. The van der Waals surface area contributed by atoms with Crippen molar-refractivity contribution in [3.8, 4) is 165 Å². The molecule has 6 heterocycles. The molecule has 0 atom stereocenters. The number of nitrogens with zero attached hydrogens (tertiary/aromatic N) is 15. The summed E-state index contributed by atoms with van der Waals surface area (Å²) >= 11 is 0. The monoisotopic (exact) mass is 1500 g/mol. The van der Waals surface area contributed by atoms with E-state index in [1.165, 1.54) is 6.07 Å². The first-order chi connectivity index (χ1) is 57.0. The van der Waals surface area contributed by atoms with Gasteiger partial charge in [0.25, 0.3) is 0 Å². The van der Waals surface area contributed by atoms with Crippen LogP contribution in [0.15, 0.2) is 352 Å². The lowest BCUT2D eigenvalue weighted by molar-refractivity contribution is -0.137. The number of fused-ring (bicyclic) bond motifs is 6. The number of nitriles is 1. The second-order valence-corrected chi connectivity index (χ2v) is 27.8. The maximum Gasteiger partial charge on any atom is 0.418 e. The Morgan fingerprint density at radius 2 is 0.440 bits per heavy atom. The van der Waals surface area contributed by atoms with Gasteiger partial charge in [0.15, 0.2) is 69.9 Å². The minimum absolute atomic E-state index is 0.161. The van der Waals surface area contributed by atoms with Crippen LogP contribution in [-0.2, 0) is 6.18 Å². The van der Waals surface area contributed by atoms with Gasteiger partial charge in [-0.1, -0.05) is 255 Å². The second kappa shape index (κ2) is 29.0. The molecule has 0 bridgehead atoms. The summed E-state index contributed by atoms with van der Waals surface area (Å²) in [6.45, 7) is 0. The first-order valence-electron chi connectivity index (χ1n) is 37.5. The topological polar surface area (TPSA) is 188 Å². The van der Waals surface area contributed by atoms with Gasteiger partial charge in [-0.2, -0.15) is 18.4 Å². The number of benzene rings is 14. The second-order valence-electron chi connectivity index (χ2n) is 27.8. The van der Waals surface area contributed by atoms with E-state index in [0.717, 1.165) is 44.5 Å². The van der Waals surface area contributed by atoms with Gasteiger partial charge in [0.2, 0.25) is 0 Å². The Kier molecular flexibility index (Phi) is 17.3. The van der Waals surface area contributed by atoms with Crippen LogP contribution in [0.4, 0.5) is 13.2 Å². The van der Waals surface area contributed by atoms with Crippen molar-refractivity contribution in [3.63, 3.8) is 0 Å². The Morgan fingerprint density at radius 1 is 0.216 bits per heavy atom. The summed E-state index contributed by atoms with van der Waals surface area (Å²) in [6, 6.07) is 112. The van der Waals surface area contributed by atoms with E-state index in [-0.39, 0.29) is 11.4 Å². The number of aromatic nitrogens is 14. The molecule has 15 nitrogen and oxygen atoms in total.